The fourth-order valence-corrected chi connectivity index (χ4v) is 3.10. The number of hydrogen-bond acceptors (Lipinski definition) is 1. The predicted octanol–water partition coefficient (Wildman–Crippen LogP) is 3.42. The molecule has 0 N–H and O–H groups in total. The van der Waals surface area contributed by atoms with E-state index < -0.39 is 0 Å². The van der Waals surface area contributed by atoms with E-state index in [2.05, 4.69) is 12.6 Å². The topological polar surface area (TPSA) is 0 Å². The molecule has 0 aromatic heterocycles. The van der Waals surface area contributed by atoms with Crippen molar-refractivity contribution in [2.45, 2.75) is 56.6 Å². The highest BCUT2D eigenvalue weighted by Gasteiger charge is 2.36. The summed E-state index contributed by atoms with van der Waals surface area (Å²) in [5, 5.41) is 0.723. The number of thiol groups is 1. The van der Waals surface area contributed by atoms with Crippen molar-refractivity contribution < 1.29 is 0 Å². The highest BCUT2D eigenvalue weighted by atomic mass is 32.1. The molecular weight excluding hydrogens is 152 g/mol. The van der Waals surface area contributed by atoms with Crippen molar-refractivity contribution in [1.82, 2.24) is 0 Å². The van der Waals surface area contributed by atoms with Crippen molar-refractivity contribution >= 4 is 12.6 Å². The summed E-state index contributed by atoms with van der Waals surface area (Å²) in [7, 11) is 0. The fourth-order valence-electron chi connectivity index (χ4n) is 2.84. The van der Waals surface area contributed by atoms with Gasteiger partial charge in [0.15, 0.2) is 0 Å². The summed E-state index contributed by atoms with van der Waals surface area (Å²) in [6.07, 6.45) is 11.7. The van der Waals surface area contributed by atoms with E-state index in [-0.39, 0.29) is 0 Å². The molecule has 0 atom stereocenters. The number of hydrogen-bond donors (Lipinski definition) is 1. The van der Waals surface area contributed by atoms with E-state index in [9.17, 15) is 0 Å². The van der Waals surface area contributed by atoms with E-state index in [4.69, 9.17) is 0 Å². The lowest BCUT2D eigenvalue weighted by atomic mass is 9.73. The van der Waals surface area contributed by atoms with E-state index in [1.165, 1.54) is 51.4 Å². The second-order valence-electron chi connectivity index (χ2n) is 4.44. The van der Waals surface area contributed by atoms with Crippen LogP contribution in [-0.2, 0) is 0 Å². The van der Waals surface area contributed by atoms with Gasteiger partial charge >= 0.3 is 0 Å². The quantitative estimate of drug-likeness (QED) is 0.529. The summed E-state index contributed by atoms with van der Waals surface area (Å²) in [5.74, 6) is 0. The van der Waals surface area contributed by atoms with Crippen LogP contribution in [0.25, 0.3) is 0 Å². The first-order chi connectivity index (χ1) is 5.31. The van der Waals surface area contributed by atoms with E-state index in [0.29, 0.717) is 0 Å². The predicted molar refractivity (Wildman–Crippen MR) is 52.1 cm³/mol. The van der Waals surface area contributed by atoms with Gasteiger partial charge in [-0.25, -0.2) is 0 Å². The molecular formula is C10H18S. The summed E-state index contributed by atoms with van der Waals surface area (Å²) in [6.45, 7) is 0. The largest absolute Gasteiger partial charge is 0.176 e. The Kier molecular flexibility index (Phi) is 2.18. The van der Waals surface area contributed by atoms with Gasteiger partial charge in [-0.3, -0.25) is 0 Å². The molecule has 1 spiro atoms. The van der Waals surface area contributed by atoms with Crippen LogP contribution in [-0.4, -0.2) is 5.25 Å². The highest BCUT2D eigenvalue weighted by Crippen LogP contribution is 2.49. The molecule has 0 radical (unpaired) electrons. The maximum Gasteiger partial charge on any atom is 0.00172 e. The molecule has 0 heterocycles. The normalized spacial score (nSPS) is 31.4. The van der Waals surface area contributed by atoms with Crippen LogP contribution >= 0.6 is 12.6 Å². The number of rotatable bonds is 0. The summed E-state index contributed by atoms with van der Waals surface area (Å²) in [6, 6.07) is 0. The van der Waals surface area contributed by atoms with Crippen molar-refractivity contribution in [2.75, 3.05) is 0 Å². The molecule has 2 aliphatic carbocycles. The minimum absolute atomic E-state index is 0.723. The molecule has 2 saturated carbocycles. The molecule has 1 heteroatoms. The zero-order valence-corrected chi connectivity index (χ0v) is 8.08. The van der Waals surface area contributed by atoms with Crippen LogP contribution in [0.5, 0.6) is 0 Å². The fraction of sp³-hybridized carbons (Fsp3) is 1.00. The molecule has 2 aliphatic rings. The van der Waals surface area contributed by atoms with Gasteiger partial charge in [-0.1, -0.05) is 12.8 Å². The average molecular weight is 170 g/mol. The van der Waals surface area contributed by atoms with Crippen LogP contribution in [0.1, 0.15) is 51.4 Å². The Balaban J connectivity index is 1.94. The van der Waals surface area contributed by atoms with Gasteiger partial charge in [0.05, 0.1) is 0 Å². The summed E-state index contributed by atoms with van der Waals surface area (Å²) in [4.78, 5) is 0. The maximum absolute atomic E-state index is 4.54. The second kappa shape index (κ2) is 3.01. The Morgan fingerprint density at radius 1 is 0.909 bits per heavy atom. The van der Waals surface area contributed by atoms with E-state index >= 15 is 0 Å². The molecule has 0 nitrogen and oxygen atoms in total. The van der Waals surface area contributed by atoms with Gasteiger partial charge in [0, 0.05) is 5.25 Å². The summed E-state index contributed by atoms with van der Waals surface area (Å²) < 4.78 is 0. The van der Waals surface area contributed by atoms with Crippen LogP contribution in [0.15, 0.2) is 0 Å². The second-order valence-corrected chi connectivity index (χ2v) is 5.17. The minimum atomic E-state index is 0.723. The Hall–Kier alpha value is 0.350. The van der Waals surface area contributed by atoms with E-state index in [1.807, 2.05) is 0 Å². The Morgan fingerprint density at radius 2 is 1.45 bits per heavy atom. The molecule has 0 bridgehead atoms. The first-order valence-corrected chi connectivity index (χ1v) is 5.51. The van der Waals surface area contributed by atoms with Crippen LogP contribution in [0.3, 0.4) is 0 Å². The SMILES string of the molecule is SC1CCC2(CCCC2)CC1. The standard InChI is InChI=1S/C10H18S/c11-9-3-7-10(8-4-9)5-1-2-6-10/h9,11H,1-8H2. The lowest BCUT2D eigenvalue weighted by Crippen LogP contribution is -2.24. The zero-order valence-electron chi connectivity index (χ0n) is 7.18. The molecule has 0 aromatic carbocycles. The van der Waals surface area contributed by atoms with Gasteiger partial charge in [-0.15, -0.1) is 0 Å². The van der Waals surface area contributed by atoms with Gasteiger partial charge in [0.1, 0.15) is 0 Å². The monoisotopic (exact) mass is 170 g/mol. The molecule has 64 valence electrons. The van der Waals surface area contributed by atoms with Gasteiger partial charge in [-0.05, 0) is 43.9 Å². The smallest absolute Gasteiger partial charge is 0.00172 e. The zero-order chi connectivity index (χ0) is 7.73. The van der Waals surface area contributed by atoms with Crippen molar-refractivity contribution in [2.24, 2.45) is 5.41 Å². The average Bonchev–Trinajstić information content (AvgIpc) is 2.45. The molecule has 11 heavy (non-hydrogen) atoms. The lowest BCUT2D eigenvalue weighted by molar-refractivity contribution is 0.201. The molecule has 0 aromatic rings. The first-order valence-electron chi connectivity index (χ1n) is 4.99. The molecule has 0 amide bonds. The van der Waals surface area contributed by atoms with Crippen molar-refractivity contribution in [3.63, 3.8) is 0 Å². The third kappa shape index (κ3) is 1.58. The highest BCUT2D eigenvalue weighted by molar-refractivity contribution is 7.80. The third-order valence-corrected chi connectivity index (χ3v) is 4.20. The maximum atomic E-state index is 4.54. The van der Waals surface area contributed by atoms with Crippen LogP contribution in [0.4, 0.5) is 0 Å². The van der Waals surface area contributed by atoms with E-state index in [0.717, 1.165) is 10.7 Å². The summed E-state index contributed by atoms with van der Waals surface area (Å²) >= 11 is 4.54. The van der Waals surface area contributed by atoms with Gasteiger partial charge < -0.3 is 0 Å². The molecule has 2 rings (SSSR count). The van der Waals surface area contributed by atoms with Gasteiger partial charge in [0.25, 0.3) is 0 Å². The van der Waals surface area contributed by atoms with Crippen LogP contribution in [0.2, 0.25) is 0 Å². The van der Waals surface area contributed by atoms with Crippen molar-refractivity contribution in [3.8, 4) is 0 Å². The van der Waals surface area contributed by atoms with Gasteiger partial charge in [-0.2, -0.15) is 12.6 Å². The minimum Gasteiger partial charge on any atom is -0.176 e. The summed E-state index contributed by atoms with van der Waals surface area (Å²) in [5.41, 5.74) is 0.805. The van der Waals surface area contributed by atoms with Gasteiger partial charge in [0.2, 0.25) is 0 Å². The molecule has 0 aliphatic heterocycles. The molecule has 0 unspecified atom stereocenters. The Bertz CT molecular complexity index is 126. The van der Waals surface area contributed by atoms with Crippen LogP contribution < -0.4 is 0 Å². The van der Waals surface area contributed by atoms with Crippen molar-refractivity contribution in [1.29, 1.82) is 0 Å². The lowest BCUT2D eigenvalue weighted by Gasteiger charge is -2.35. The van der Waals surface area contributed by atoms with Crippen molar-refractivity contribution in [3.05, 3.63) is 0 Å². The van der Waals surface area contributed by atoms with E-state index in [1.54, 1.807) is 0 Å². The molecule has 0 saturated heterocycles. The first kappa shape index (κ1) is 7.97. The third-order valence-electron chi connectivity index (χ3n) is 3.68. The van der Waals surface area contributed by atoms with Crippen LogP contribution in [0, 0.1) is 5.41 Å². The molecule has 2 fully saturated rings. The Labute approximate surface area is 75.2 Å². The Morgan fingerprint density at radius 3 is 2.00 bits per heavy atom.